The minimum atomic E-state index is -0.616. The van der Waals surface area contributed by atoms with Crippen LogP contribution in [0.5, 0.6) is 5.75 Å². The van der Waals surface area contributed by atoms with Gasteiger partial charge >= 0.3 is 5.97 Å². The van der Waals surface area contributed by atoms with Crippen LogP contribution in [0, 0.1) is 5.92 Å². The monoisotopic (exact) mass is 502 g/mol. The molecule has 2 rings (SSSR count). The highest BCUT2D eigenvalue weighted by Gasteiger charge is 2.23. The number of thioether (sulfide) groups is 1. The van der Waals surface area contributed by atoms with Crippen LogP contribution in [0.4, 0.5) is 0 Å². The SMILES string of the molecule is CCCCCCCCCCCCSc1ccc(-c2ccc(OC(=O)[C@@H](Cl)C(C)CC)cc2)cc1. The van der Waals surface area contributed by atoms with Gasteiger partial charge in [0, 0.05) is 4.90 Å². The van der Waals surface area contributed by atoms with Crippen molar-refractivity contribution in [3.8, 4) is 16.9 Å². The van der Waals surface area contributed by atoms with E-state index in [-0.39, 0.29) is 11.9 Å². The maximum Gasteiger partial charge on any atom is 0.329 e. The number of alkyl halides is 1. The van der Waals surface area contributed by atoms with Crippen LogP contribution in [-0.4, -0.2) is 17.1 Å². The van der Waals surface area contributed by atoms with Gasteiger partial charge < -0.3 is 4.74 Å². The number of carbonyl (C=O) groups is 1. The highest BCUT2D eigenvalue weighted by atomic mass is 35.5. The van der Waals surface area contributed by atoms with Crippen LogP contribution in [0.2, 0.25) is 0 Å². The third kappa shape index (κ3) is 10.9. The maximum absolute atomic E-state index is 12.2. The molecule has 1 unspecified atom stereocenters. The lowest BCUT2D eigenvalue weighted by molar-refractivity contribution is -0.134. The topological polar surface area (TPSA) is 26.3 Å². The summed E-state index contributed by atoms with van der Waals surface area (Å²) < 4.78 is 5.44. The van der Waals surface area contributed by atoms with Crippen LogP contribution in [-0.2, 0) is 4.79 Å². The average Bonchev–Trinajstić information content (AvgIpc) is 2.87. The molecule has 0 N–H and O–H groups in total. The summed E-state index contributed by atoms with van der Waals surface area (Å²) in [7, 11) is 0. The molecule has 0 saturated carbocycles. The second kappa shape index (κ2) is 17.1. The van der Waals surface area contributed by atoms with E-state index in [0.29, 0.717) is 5.75 Å². The molecule has 188 valence electrons. The molecule has 0 aliphatic rings. The third-order valence-corrected chi connectivity index (χ3v) is 8.10. The van der Waals surface area contributed by atoms with Crippen molar-refractivity contribution >= 4 is 29.3 Å². The van der Waals surface area contributed by atoms with Gasteiger partial charge in [0.1, 0.15) is 11.1 Å². The first-order valence-electron chi connectivity index (χ1n) is 13.2. The summed E-state index contributed by atoms with van der Waals surface area (Å²) in [5, 5.41) is -0.616. The lowest BCUT2D eigenvalue weighted by atomic mass is 10.0. The van der Waals surface area contributed by atoms with Gasteiger partial charge in [-0.1, -0.05) is 109 Å². The van der Waals surface area contributed by atoms with E-state index in [4.69, 9.17) is 16.3 Å². The quantitative estimate of drug-likeness (QED) is 0.0707. The zero-order valence-electron chi connectivity index (χ0n) is 21.4. The van der Waals surface area contributed by atoms with Gasteiger partial charge in [-0.3, -0.25) is 4.79 Å². The van der Waals surface area contributed by atoms with Crippen molar-refractivity contribution in [2.75, 3.05) is 5.75 Å². The molecule has 2 nitrogen and oxygen atoms in total. The molecule has 0 saturated heterocycles. The third-order valence-electron chi connectivity index (χ3n) is 6.40. The van der Waals surface area contributed by atoms with Gasteiger partial charge in [0.15, 0.2) is 0 Å². The van der Waals surface area contributed by atoms with Gasteiger partial charge in [0.05, 0.1) is 0 Å². The summed E-state index contributed by atoms with van der Waals surface area (Å²) >= 11 is 8.14. The van der Waals surface area contributed by atoms with E-state index in [2.05, 4.69) is 31.2 Å². The fourth-order valence-electron chi connectivity index (χ4n) is 3.85. The molecule has 0 aliphatic heterocycles. The standard InChI is InChI=1S/C30H43ClO2S/c1-4-6-7-8-9-10-11-12-13-14-23-34-28-21-17-26(18-22-28)25-15-19-27(20-16-25)33-30(32)29(31)24(3)5-2/h15-22,24,29H,4-14,23H2,1-3H3/t24?,29-/m0/s1. The zero-order valence-corrected chi connectivity index (χ0v) is 22.9. The first-order valence-corrected chi connectivity index (χ1v) is 14.7. The molecule has 2 aromatic rings. The Morgan fingerprint density at radius 2 is 1.29 bits per heavy atom. The van der Waals surface area contributed by atoms with Crippen molar-refractivity contribution < 1.29 is 9.53 Å². The van der Waals surface area contributed by atoms with Crippen LogP contribution in [0.1, 0.15) is 91.4 Å². The summed E-state index contributed by atoms with van der Waals surface area (Å²) in [5.74, 6) is 1.43. The Kier molecular flexibility index (Phi) is 14.4. The van der Waals surface area contributed by atoms with Gasteiger partial charge in [-0.05, 0) is 53.5 Å². The molecule has 0 aliphatic carbocycles. The predicted octanol–water partition coefficient (Wildman–Crippen LogP) is 9.93. The summed E-state index contributed by atoms with van der Waals surface area (Å²) in [4.78, 5) is 13.5. The summed E-state index contributed by atoms with van der Waals surface area (Å²) in [5.41, 5.74) is 2.27. The minimum absolute atomic E-state index is 0.0925. The van der Waals surface area contributed by atoms with Crippen molar-refractivity contribution in [3.63, 3.8) is 0 Å². The molecular weight excluding hydrogens is 460 g/mol. The first kappa shape index (κ1) is 28.8. The Bertz CT molecular complexity index is 804. The second-order valence-corrected chi connectivity index (χ2v) is 10.9. The lowest BCUT2D eigenvalue weighted by Gasteiger charge is -2.15. The van der Waals surface area contributed by atoms with Gasteiger partial charge in [0.2, 0.25) is 0 Å². The van der Waals surface area contributed by atoms with E-state index in [9.17, 15) is 4.79 Å². The number of benzene rings is 2. The molecular formula is C30H43ClO2S. The summed E-state index contributed by atoms with van der Waals surface area (Å²) in [6.45, 7) is 6.25. The smallest absolute Gasteiger partial charge is 0.329 e. The number of hydrogen-bond donors (Lipinski definition) is 0. The number of rotatable bonds is 17. The van der Waals surface area contributed by atoms with Crippen LogP contribution >= 0.6 is 23.4 Å². The largest absolute Gasteiger partial charge is 0.425 e. The Morgan fingerprint density at radius 3 is 1.82 bits per heavy atom. The molecule has 2 aromatic carbocycles. The molecule has 0 bridgehead atoms. The molecule has 0 spiro atoms. The Balaban J connectivity index is 1.67. The fourth-order valence-corrected chi connectivity index (χ4v) is 4.99. The average molecular weight is 503 g/mol. The Labute approximate surface area is 217 Å². The number of esters is 1. The molecule has 0 amide bonds. The number of ether oxygens (including phenoxy) is 1. The molecule has 0 aromatic heterocycles. The van der Waals surface area contributed by atoms with E-state index in [1.807, 2.05) is 49.9 Å². The van der Waals surface area contributed by atoms with Crippen molar-refractivity contribution in [2.24, 2.45) is 5.92 Å². The first-order chi connectivity index (χ1) is 16.5. The van der Waals surface area contributed by atoms with E-state index in [1.165, 1.54) is 74.9 Å². The number of carbonyl (C=O) groups excluding carboxylic acids is 1. The second-order valence-electron chi connectivity index (χ2n) is 9.29. The normalized spacial score (nSPS) is 12.9. The van der Waals surface area contributed by atoms with Crippen molar-refractivity contribution in [1.29, 1.82) is 0 Å². The lowest BCUT2D eigenvalue weighted by Crippen LogP contribution is -2.26. The van der Waals surface area contributed by atoms with Crippen molar-refractivity contribution in [1.82, 2.24) is 0 Å². The van der Waals surface area contributed by atoms with Crippen molar-refractivity contribution in [2.45, 2.75) is 102 Å². The van der Waals surface area contributed by atoms with Gasteiger partial charge in [0.25, 0.3) is 0 Å². The van der Waals surface area contributed by atoms with Crippen LogP contribution in [0.25, 0.3) is 11.1 Å². The van der Waals surface area contributed by atoms with Crippen molar-refractivity contribution in [3.05, 3.63) is 48.5 Å². The number of unbranched alkanes of at least 4 members (excludes halogenated alkanes) is 9. The van der Waals surface area contributed by atoms with Gasteiger partial charge in [-0.2, -0.15) is 0 Å². The minimum Gasteiger partial charge on any atom is -0.425 e. The van der Waals surface area contributed by atoms with Crippen LogP contribution in [0.15, 0.2) is 53.4 Å². The molecule has 0 heterocycles. The molecule has 0 radical (unpaired) electrons. The summed E-state index contributed by atoms with van der Waals surface area (Å²) in [6, 6.07) is 16.4. The Morgan fingerprint density at radius 1 is 0.794 bits per heavy atom. The molecule has 4 heteroatoms. The number of hydrogen-bond acceptors (Lipinski definition) is 3. The predicted molar refractivity (Wildman–Crippen MR) is 149 cm³/mol. The molecule has 2 atom stereocenters. The van der Waals surface area contributed by atoms with Crippen LogP contribution < -0.4 is 4.74 Å². The fraction of sp³-hybridized carbons (Fsp3) is 0.567. The van der Waals surface area contributed by atoms with Gasteiger partial charge in [-0.15, -0.1) is 23.4 Å². The molecule has 34 heavy (non-hydrogen) atoms. The summed E-state index contributed by atoms with van der Waals surface area (Å²) in [6.07, 6.45) is 14.7. The van der Waals surface area contributed by atoms with Crippen LogP contribution in [0.3, 0.4) is 0 Å². The highest BCUT2D eigenvalue weighted by Crippen LogP contribution is 2.27. The van der Waals surface area contributed by atoms with Gasteiger partial charge in [-0.25, -0.2) is 0 Å². The van der Waals surface area contributed by atoms with E-state index >= 15 is 0 Å². The molecule has 0 fully saturated rings. The van der Waals surface area contributed by atoms with E-state index < -0.39 is 5.38 Å². The maximum atomic E-state index is 12.2. The number of halogens is 1. The zero-order chi connectivity index (χ0) is 24.6. The highest BCUT2D eigenvalue weighted by molar-refractivity contribution is 7.99. The Hall–Kier alpha value is -1.45. The van der Waals surface area contributed by atoms with E-state index in [0.717, 1.165) is 17.5 Å². The van der Waals surface area contributed by atoms with E-state index in [1.54, 1.807) is 0 Å².